The van der Waals surface area contributed by atoms with E-state index >= 15 is 0 Å². The Morgan fingerprint density at radius 2 is 1.79 bits per heavy atom. The molecule has 34 heavy (non-hydrogen) atoms. The molecular weight excluding hydrogens is 456 g/mol. The van der Waals surface area contributed by atoms with Gasteiger partial charge in [0.25, 0.3) is 15.9 Å². The molecule has 10 heteroatoms. The van der Waals surface area contributed by atoms with Gasteiger partial charge in [0.2, 0.25) is 0 Å². The Bertz CT molecular complexity index is 1200. The zero-order valence-electron chi connectivity index (χ0n) is 18.9. The van der Waals surface area contributed by atoms with Crippen LogP contribution >= 0.6 is 0 Å². The standard InChI is InChI=1S/C24H28N4O5S/c1-16-6-9-19(14-16)26-23(30)27-34(32,33)20-10-7-17(8-11-20)12-13-25-24(31)28-15-18-4-2-3-5-21(18)22(28)29/h2-5,7-8,10-11,16,19H,6,9,12-15H2,1H3,(H,25,31)(H2,26,27,30). The third-order valence-corrected chi connectivity index (χ3v) is 7.59. The zero-order valence-corrected chi connectivity index (χ0v) is 19.7. The smallest absolute Gasteiger partial charge is 0.328 e. The fourth-order valence-corrected chi connectivity index (χ4v) is 5.31. The number of amides is 5. The van der Waals surface area contributed by atoms with Crippen molar-refractivity contribution in [2.24, 2.45) is 5.92 Å². The highest BCUT2D eigenvalue weighted by molar-refractivity contribution is 7.90. The van der Waals surface area contributed by atoms with E-state index in [9.17, 15) is 22.8 Å². The zero-order chi connectivity index (χ0) is 24.3. The van der Waals surface area contributed by atoms with Crippen LogP contribution in [0.25, 0.3) is 0 Å². The number of nitrogens with zero attached hydrogens (tertiary/aromatic N) is 1. The number of hydrogen-bond acceptors (Lipinski definition) is 5. The number of carbonyl (C=O) groups excluding carboxylic acids is 3. The van der Waals surface area contributed by atoms with Gasteiger partial charge in [-0.1, -0.05) is 37.3 Å². The van der Waals surface area contributed by atoms with Crippen LogP contribution in [0.15, 0.2) is 53.4 Å². The van der Waals surface area contributed by atoms with Crippen molar-refractivity contribution in [2.45, 2.75) is 50.1 Å². The van der Waals surface area contributed by atoms with E-state index < -0.39 is 22.1 Å². The molecule has 9 nitrogen and oxygen atoms in total. The molecule has 5 amide bonds. The molecule has 3 N–H and O–H groups in total. The van der Waals surface area contributed by atoms with Crippen LogP contribution in [0.4, 0.5) is 9.59 Å². The van der Waals surface area contributed by atoms with Crippen molar-refractivity contribution >= 4 is 28.0 Å². The van der Waals surface area contributed by atoms with Crippen molar-refractivity contribution < 1.29 is 22.8 Å². The summed E-state index contributed by atoms with van der Waals surface area (Å²) in [7, 11) is -3.98. The highest BCUT2D eigenvalue weighted by Gasteiger charge is 2.31. The van der Waals surface area contributed by atoms with Crippen molar-refractivity contribution in [3.63, 3.8) is 0 Å². The summed E-state index contributed by atoms with van der Waals surface area (Å²) in [5, 5.41) is 5.45. The SMILES string of the molecule is CC1CCC(NC(=O)NS(=O)(=O)c2ccc(CCNC(=O)N3Cc4ccccc4C3=O)cc2)C1. The first kappa shape index (κ1) is 23.7. The maximum atomic E-state index is 12.5. The lowest BCUT2D eigenvalue weighted by Crippen LogP contribution is -2.43. The largest absolute Gasteiger partial charge is 0.337 e. The van der Waals surface area contributed by atoms with Gasteiger partial charge in [0.1, 0.15) is 0 Å². The Morgan fingerprint density at radius 3 is 2.47 bits per heavy atom. The third-order valence-electron chi connectivity index (χ3n) is 6.25. The van der Waals surface area contributed by atoms with Gasteiger partial charge in [-0.3, -0.25) is 9.69 Å². The maximum absolute atomic E-state index is 12.5. The average molecular weight is 485 g/mol. The summed E-state index contributed by atoms with van der Waals surface area (Å²) in [4.78, 5) is 38.0. The van der Waals surface area contributed by atoms with Gasteiger partial charge >= 0.3 is 12.1 Å². The second kappa shape index (κ2) is 9.84. The molecule has 1 fully saturated rings. The molecule has 180 valence electrons. The summed E-state index contributed by atoms with van der Waals surface area (Å²) in [6, 6.07) is 12.0. The topological polar surface area (TPSA) is 125 Å². The number of benzene rings is 2. The summed E-state index contributed by atoms with van der Waals surface area (Å²) in [6.45, 7) is 2.63. The first-order chi connectivity index (χ1) is 16.2. The lowest BCUT2D eigenvalue weighted by Gasteiger charge is -2.15. The van der Waals surface area contributed by atoms with Crippen LogP contribution in [0.5, 0.6) is 0 Å². The van der Waals surface area contributed by atoms with Gasteiger partial charge in [0.15, 0.2) is 0 Å². The highest BCUT2D eigenvalue weighted by atomic mass is 32.2. The number of carbonyl (C=O) groups is 3. The number of sulfonamides is 1. The van der Waals surface area contributed by atoms with Gasteiger partial charge in [-0.25, -0.2) is 22.7 Å². The Hall–Kier alpha value is -3.40. The van der Waals surface area contributed by atoms with Crippen molar-refractivity contribution in [3.8, 4) is 0 Å². The lowest BCUT2D eigenvalue weighted by molar-refractivity contribution is 0.0821. The normalized spacial score (nSPS) is 19.6. The number of urea groups is 2. The van der Waals surface area contributed by atoms with Crippen molar-refractivity contribution in [1.82, 2.24) is 20.3 Å². The fraction of sp³-hybridized carbons (Fsp3) is 0.375. The van der Waals surface area contributed by atoms with Gasteiger partial charge in [0, 0.05) is 18.2 Å². The molecule has 1 aliphatic heterocycles. The van der Waals surface area contributed by atoms with Crippen LogP contribution in [-0.4, -0.2) is 43.9 Å². The van der Waals surface area contributed by atoms with Gasteiger partial charge in [-0.2, -0.15) is 0 Å². The molecule has 4 rings (SSSR count). The minimum Gasteiger partial charge on any atom is -0.337 e. The molecule has 0 bridgehead atoms. The summed E-state index contributed by atoms with van der Waals surface area (Å²) in [6.07, 6.45) is 3.16. The van der Waals surface area contributed by atoms with Crippen molar-refractivity contribution in [2.75, 3.05) is 6.54 Å². The van der Waals surface area contributed by atoms with E-state index in [0.717, 1.165) is 30.4 Å². The highest BCUT2D eigenvalue weighted by Crippen LogP contribution is 2.24. The van der Waals surface area contributed by atoms with E-state index in [4.69, 9.17) is 0 Å². The molecule has 2 unspecified atom stereocenters. The molecule has 2 aromatic rings. The van der Waals surface area contributed by atoms with Crippen molar-refractivity contribution in [3.05, 3.63) is 65.2 Å². The fourth-order valence-electron chi connectivity index (χ4n) is 4.40. The molecule has 2 atom stereocenters. The summed E-state index contributed by atoms with van der Waals surface area (Å²) >= 11 is 0. The number of hydrogen-bond donors (Lipinski definition) is 3. The molecule has 0 radical (unpaired) electrons. The molecule has 2 aromatic carbocycles. The second-order valence-electron chi connectivity index (χ2n) is 8.87. The number of fused-ring (bicyclic) bond motifs is 1. The molecule has 2 aliphatic rings. The van der Waals surface area contributed by atoms with Crippen LogP contribution in [-0.2, 0) is 23.0 Å². The minimum absolute atomic E-state index is 0.00666. The molecule has 0 saturated heterocycles. The Balaban J connectivity index is 1.25. The number of rotatable bonds is 6. The quantitative estimate of drug-likeness (QED) is 0.582. The summed E-state index contributed by atoms with van der Waals surface area (Å²) in [5.41, 5.74) is 2.16. The molecular formula is C24H28N4O5S. The number of nitrogens with one attached hydrogen (secondary N) is 3. The monoisotopic (exact) mass is 484 g/mol. The summed E-state index contributed by atoms with van der Waals surface area (Å²) < 4.78 is 27.1. The van der Waals surface area contributed by atoms with Crippen LogP contribution in [0.2, 0.25) is 0 Å². The van der Waals surface area contributed by atoms with Gasteiger partial charge in [-0.05, 0) is 60.9 Å². The molecule has 0 aromatic heterocycles. The second-order valence-corrected chi connectivity index (χ2v) is 10.6. The van der Waals surface area contributed by atoms with E-state index in [1.165, 1.54) is 17.0 Å². The predicted molar refractivity (Wildman–Crippen MR) is 126 cm³/mol. The van der Waals surface area contributed by atoms with Crippen LogP contribution in [0.3, 0.4) is 0 Å². The third kappa shape index (κ3) is 5.39. The molecule has 0 spiro atoms. The van der Waals surface area contributed by atoms with Gasteiger partial charge in [0.05, 0.1) is 11.4 Å². The van der Waals surface area contributed by atoms with E-state index in [0.29, 0.717) is 17.9 Å². The van der Waals surface area contributed by atoms with Gasteiger partial charge < -0.3 is 10.6 Å². The average Bonchev–Trinajstić information content (AvgIpc) is 3.36. The molecule has 1 saturated carbocycles. The van der Waals surface area contributed by atoms with E-state index in [2.05, 4.69) is 22.3 Å². The number of imide groups is 1. The lowest BCUT2D eigenvalue weighted by atomic mass is 10.1. The Morgan fingerprint density at radius 1 is 1.06 bits per heavy atom. The van der Waals surface area contributed by atoms with E-state index in [1.54, 1.807) is 24.3 Å². The predicted octanol–water partition coefficient (Wildman–Crippen LogP) is 2.77. The first-order valence-electron chi connectivity index (χ1n) is 11.3. The maximum Gasteiger partial charge on any atom is 0.328 e. The Kier molecular flexibility index (Phi) is 6.87. The molecule has 1 heterocycles. The van der Waals surface area contributed by atoms with Crippen molar-refractivity contribution in [1.29, 1.82) is 0 Å². The van der Waals surface area contributed by atoms with Crippen LogP contribution < -0.4 is 15.4 Å². The molecule has 1 aliphatic carbocycles. The van der Waals surface area contributed by atoms with Gasteiger partial charge in [-0.15, -0.1) is 0 Å². The Labute approximate surface area is 199 Å². The minimum atomic E-state index is -3.98. The van der Waals surface area contributed by atoms with Crippen LogP contribution in [0, 0.1) is 5.92 Å². The van der Waals surface area contributed by atoms with E-state index in [1.807, 2.05) is 12.1 Å². The van der Waals surface area contributed by atoms with E-state index in [-0.39, 0.29) is 29.9 Å². The van der Waals surface area contributed by atoms with Crippen LogP contribution in [0.1, 0.15) is 47.7 Å². The first-order valence-corrected chi connectivity index (χ1v) is 12.8. The summed E-state index contributed by atoms with van der Waals surface area (Å²) in [5.74, 6) is 0.202.